The predicted octanol–water partition coefficient (Wildman–Crippen LogP) is 18.1. The second kappa shape index (κ2) is 54.4. The van der Waals surface area contributed by atoms with Gasteiger partial charge in [0.05, 0.1) is 18.8 Å². The van der Waals surface area contributed by atoms with Gasteiger partial charge in [0.15, 0.2) is 0 Å². The number of unbranched alkanes of at least 4 members (excludes halogenated alkanes) is 42. The van der Waals surface area contributed by atoms with Crippen molar-refractivity contribution in [1.29, 1.82) is 0 Å². The Morgan fingerprint density at radius 3 is 0.953 bits per heavy atom. The first-order valence-electron chi connectivity index (χ1n) is 29.1. The van der Waals surface area contributed by atoms with Crippen LogP contribution < -0.4 is 5.32 Å². The van der Waals surface area contributed by atoms with Crippen LogP contribution in [0.1, 0.15) is 322 Å². The van der Waals surface area contributed by atoms with E-state index < -0.39 is 18.2 Å². The van der Waals surface area contributed by atoms with Gasteiger partial charge in [-0.3, -0.25) is 4.79 Å². The summed E-state index contributed by atoms with van der Waals surface area (Å²) in [5.74, 6) is -0.153. The Morgan fingerprint density at radius 1 is 0.375 bits per heavy atom. The van der Waals surface area contributed by atoms with E-state index in [0.717, 1.165) is 44.9 Å². The topological polar surface area (TPSA) is 89.8 Å². The van der Waals surface area contributed by atoms with Gasteiger partial charge in [0.25, 0.3) is 0 Å². The molecule has 5 heteroatoms. The van der Waals surface area contributed by atoms with Crippen molar-refractivity contribution in [3.8, 4) is 0 Å². The lowest BCUT2D eigenvalue weighted by molar-refractivity contribution is -0.124. The lowest BCUT2D eigenvalue weighted by Crippen LogP contribution is -2.50. The Labute approximate surface area is 401 Å². The van der Waals surface area contributed by atoms with Gasteiger partial charge in [-0.2, -0.15) is 0 Å². The first kappa shape index (κ1) is 62.8. The van der Waals surface area contributed by atoms with Gasteiger partial charge in [0, 0.05) is 6.42 Å². The largest absolute Gasteiger partial charge is 0.394 e. The number of aliphatic hydroxyl groups is 3. The molecule has 0 radical (unpaired) electrons. The van der Waals surface area contributed by atoms with Crippen LogP contribution in [0.2, 0.25) is 0 Å². The molecule has 0 fully saturated rings. The van der Waals surface area contributed by atoms with Crippen molar-refractivity contribution in [3.05, 3.63) is 24.3 Å². The molecule has 0 saturated carbocycles. The van der Waals surface area contributed by atoms with Crippen molar-refractivity contribution in [2.75, 3.05) is 6.61 Å². The number of hydrogen-bond acceptors (Lipinski definition) is 4. The number of carbonyl (C=O) groups is 1. The summed E-state index contributed by atoms with van der Waals surface area (Å²) < 4.78 is 0. The molecule has 5 nitrogen and oxygen atoms in total. The van der Waals surface area contributed by atoms with Crippen LogP contribution in [0.15, 0.2) is 24.3 Å². The highest BCUT2D eigenvalue weighted by Gasteiger charge is 2.26. The lowest BCUT2D eigenvalue weighted by Gasteiger charge is -2.26. The van der Waals surface area contributed by atoms with Crippen molar-refractivity contribution in [1.82, 2.24) is 5.32 Å². The summed E-state index contributed by atoms with van der Waals surface area (Å²) in [4.78, 5) is 12.5. The molecule has 0 aliphatic carbocycles. The van der Waals surface area contributed by atoms with E-state index in [0.29, 0.717) is 12.8 Å². The Kier molecular flexibility index (Phi) is 53.4. The van der Waals surface area contributed by atoms with Gasteiger partial charge in [-0.15, -0.1) is 0 Å². The number of rotatable bonds is 54. The zero-order chi connectivity index (χ0) is 46.5. The molecule has 0 heterocycles. The van der Waals surface area contributed by atoms with Gasteiger partial charge in [-0.25, -0.2) is 0 Å². The second-order valence-corrected chi connectivity index (χ2v) is 20.2. The molecule has 0 aromatic heterocycles. The molecule has 1 amide bonds. The molecule has 3 unspecified atom stereocenters. The molecule has 0 aromatic carbocycles. The van der Waals surface area contributed by atoms with Gasteiger partial charge in [0.2, 0.25) is 5.91 Å². The quantitative estimate of drug-likeness (QED) is 0.0362. The van der Waals surface area contributed by atoms with E-state index in [1.54, 1.807) is 0 Å². The fourth-order valence-electron chi connectivity index (χ4n) is 9.30. The molecule has 0 aliphatic rings. The first-order valence-corrected chi connectivity index (χ1v) is 29.1. The highest BCUT2D eigenvalue weighted by atomic mass is 16.3. The van der Waals surface area contributed by atoms with Crippen LogP contribution in [0.3, 0.4) is 0 Å². The highest BCUT2D eigenvalue weighted by molar-refractivity contribution is 5.76. The standard InChI is InChI=1S/C59H115NO4/c1-3-5-7-9-11-13-15-17-19-20-21-22-23-24-25-26-27-28-29-30-31-32-33-34-35-36-37-38-40-42-44-46-48-50-52-54-58(63)60-56(55-61)59(64)57(62)53-51-49-47-45-43-41-39-18-16-14-12-10-8-6-4-2/h18,39,45,47,56-57,59,61-62,64H,3-17,19-38,40-44,46,48-55H2,1-2H3,(H,60,63)/b39-18+,47-45+. The molecule has 0 aromatic rings. The van der Waals surface area contributed by atoms with E-state index in [-0.39, 0.29) is 12.5 Å². The number of amides is 1. The summed E-state index contributed by atoms with van der Waals surface area (Å²) in [6.07, 6.45) is 69.3. The van der Waals surface area contributed by atoms with Crippen LogP contribution in [0.4, 0.5) is 0 Å². The highest BCUT2D eigenvalue weighted by Crippen LogP contribution is 2.18. The molecule has 0 rings (SSSR count). The lowest BCUT2D eigenvalue weighted by atomic mass is 10.0. The number of carbonyl (C=O) groups excluding carboxylic acids is 1. The van der Waals surface area contributed by atoms with E-state index >= 15 is 0 Å². The zero-order valence-electron chi connectivity index (χ0n) is 43.4. The van der Waals surface area contributed by atoms with Crippen molar-refractivity contribution >= 4 is 5.91 Å². The van der Waals surface area contributed by atoms with Gasteiger partial charge in [-0.05, 0) is 51.4 Å². The SMILES string of the molecule is CCCCCCCC/C=C/CC/C=C/CCCC(O)C(O)C(CO)NC(=O)CCCCCCCCCCCCCCCCCCCCCCCCCCCCCCCCCCCCC. The van der Waals surface area contributed by atoms with Crippen molar-refractivity contribution in [3.63, 3.8) is 0 Å². The number of allylic oxidation sites excluding steroid dienone is 4. The smallest absolute Gasteiger partial charge is 0.220 e. The minimum Gasteiger partial charge on any atom is -0.394 e. The summed E-state index contributed by atoms with van der Waals surface area (Å²) in [7, 11) is 0. The maximum Gasteiger partial charge on any atom is 0.220 e. The molecule has 4 N–H and O–H groups in total. The molecule has 0 saturated heterocycles. The molecule has 380 valence electrons. The van der Waals surface area contributed by atoms with Crippen LogP contribution in [0.5, 0.6) is 0 Å². The van der Waals surface area contributed by atoms with Crippen LogP contribution in [-0.4, -0.2) is 46.1 Å². The number of hydrogen-bond donors (Lipinski definition) is 4. The monoisotopic (exact) mass is 902 g/mol. The average molecular weight is 903 g/mol. The maximum absolute atomic E-state index is 12.5. The van der Waals surface area contributed by atoms with Gasteiger partial charge >= 0.3 is 0 Å². The third-order valence-corrected chi connectivity index (χ3v) is 13.8. The number of aliphatic hydroxyl groups excluding tert-OH is 3. The Hall–Kier alpha value is -1.17. The summed E-state index contributed by atoms with van der Waals surface area (Å²) in [6, 6.07) is -0.829. The molecule has 0 aliphatic heterocycles. The van der Waals surface area contributed by atoms with Crippen molar-refractivity contribution < 1.29 is 20.1 Å². The maximum atomic E-state index is 12.5. The average Bonchev–Trinajstić information content (AvgIpc) is 3.30. The van der Waals surface area contributed by atoms with Crippen LogP contribution >= 0.6 is 0 Å². The van der Waals surface area contributed by atoms with E-state index in [9.17, 15) is 20.1 Å². The van der Waals surface area contributed by atoms with Gasteiger partial charge in [0.1, 0.15) is 6.10 Å². The van der Waals surface area contributed by atoms with Crippen LogP contribution in [0, 0.1) is 0 Å². The molecule has 0 spiro atoms. The Bertz CT molecular complexity index is 951. The van der Waals surface area contributed by atoms with E-state index in [2.05, 4.69) is 43.5 Å². The fourth-order valence-corrected chi connectivity index (χ4v) is 9.30. The van der Waals surface area contributed by atoms with Crippen LogP contribution in [0.25, 0.3) is 0 Å². The number of nitrogens with one attached hydrogen (secondary N) is 1. The third-order valence-electron chi connectivity index (χ3n) is 13.8. The first-order chi connectivity index (χ1) is 31.6. The summed E-state index contributed by atoms with van der Waals surface area (Å²) in [5, 5.41) is 33.6. The summed E-state index contributed by atoms with van der Waals surface area (Å²) in [5.41, 5.74) is 0. The molecular formula is C59H115NO4. The van der Waals surface area contributed by atoms with E-state index in [1.807, 2.05) is 0 Å². The zero-order valence-corrected chi connectivity index (χ0v) is 43.4. The van der Waals surface area contributed by atoms with Gasteiger partial charge < -0.3 is 20.6 Å². The predicted molar refractivity (Wildman–Crippen MR) is 282 cm³/mol. The van der Waals surface area contributed by atoms with E-state index in [4.69, 9.17) is 0 Å². The van der Waals surface area contributed by atoms with Gasteiger partial charge in [-0.1, -0.05) is 289 Å². The van der Waals surface area contributed by atoms with Crippen molar-refractivity contribution in [2.45, 2.75) is 340 Å². The third kappa shape index (κ3) is 48.8. The minimum absolute atomic E-state index is 0.153. The summed E-state index contributed by atoms with van der Waals surface area (Å²) >= 11 is 0. The molecule has 3 atom stereocenters. The molecular weight excluding hydrogens is 787 g/mol. The van der Waals surface area contributed by atoms with Crippen LogP contribution in [-0.2, 0) is 4.79 Å². The Balaban J connectivity index is 3.45. The second-order valence-electron chi connectivity index (χ2n) is 20.2. The molecule has 64 heavy (non-hydrogen) atoms. The Morgan fingerprint density at radius 2 is 0.641 bits per heavy atom. The fraction of sp³-hybridized carbons (Fsp3) is 0.915. The minimum atomic E-state index is -1.16. The normalized spacial score (nSPS) is 13.4. The summed E-state index contributed by atoms with van der Waals surface area (Å²) in [6.45, 7) is 4.18. The molecule has 0 bridgehead atoms. The van der Waals surface area contributed by atoms with Crippen molar-refractivity contribution in [2.24, 2.45) is 0 Å². The van der Waals surface area contributed by atoms with E-state index in [1.165, 1.54) is 250 Å².